The number of nitro benzene ring substituents is 1. The molecule has 1 aromatic rings. The number of rotatable bonds is 6. The van der Waals surface area contributed by atoms with Crippen molar-refractivity contribution in [3.8, 4) is 0 Å². The molecule has 1 rings (SSSR count). The van der Waals surface area contributed by atoms with Crippen molar-refractivity contribution in [1.82, 2.24) is 5.32 Å². The van der Waals surface area contributed by atoms with Gasteiger partial charge in [-0.2, -0.15) is 0 Å². The van der Waals surface area contributed by atoms with Gasteiger partial charge in [0.05, 0.1) is 16.7 Å². The van der Waals surface area contributed by atoms with Gasteiger partial charge in [0.25, 0.3) is 11.6 Å². The Hall–Kier alpha value is -2.18. The van der Waals surface area contributed by atoms with Gasteiger partial charge >= 0.3 is 0 Å². The number of halogens is 1. The van der Waals surface area contributed by atoms with Gasteiger partial charge in [0.15, 0.2) is 5.82 Å². The maximum Gasteiger partial charge on any atom is 0.285 e. The van der Waals surface area contributed by atoms with Crippen LogP contribution in [-0.4, -0.2) is 24.4 Å². The zero-order valence-corrected chi connectivity index (χ0v) is 11.7. The molecule has 0 heterocycles. The van der Waals surface area contributed by atoms with Gasteiger partial charge in [0.2, 0.25) is 0 Å². The van der Waals surface area contributed by atoms with Crippen LogP contribution in [0.25, 0.3) is 0 Å². The summed E-state index contributed by atoms with van der Waals surface area (Å²) in [5, 5.41) is 16.1. The lowest BCUT2D eigenvalue weighted by molar-refractivity contribution is -0.385. The predicted octanol–water partition coefficient (Wildman–Crippen LogP) is 2.55. The number of benzene rings is 1. The summed E-state index contributed by atoms with van der Waals surface area (Å²) in [4.78, 5) is 22.2. The van der Waals surface area contributed by atoms with Gasteiger partial charge in [0.1, 0.15) is 5.56 Å². The standard InChI is InChI=1S/C13H18FN3O3/c1-4-8(2)7-16-13(18)9-5-11(15-3)10(14)6-12(9)17(19)20/h5-6,8,15H,4,7H2,1-3H3,(H,16,18). The van der Waals surface area contributed by atoms with E-state index in [2.05, 4.69) is 10.6 Å². The molecular formula is C13H18FN3O3. The molecule has 0 aliphatic heterocycles. The number of nitrogens with zero attached hydrogens (tertiary/aromatic N) is 1. The minimum Gasteiger partial charge on any atom is -0.386 e. The van der Waals surface area contributed by atoms with E-state index >= 15 is 0 Å². The van der Waals surface area contributed by atoms with Crippen LogP contribution in [0.1, 0.15) is 30.6 Å². The number of carbonyl (C=O) groups excluding carboxylic acids is 1. The zero-order valence-electron chi connectivity index (χ0n) is 11.7. The van der Waals surface area contributed by atoms with Gasteiger partial charge in [-0.05, 0) is 12.0 Å². The molecule has 2 N–H and O–H groups in total. The van der Waals surface area contributed by atoms with Gasteiger partial charge in [-0.15, -0.1) is 0 Å². The van der Waals surface area contributed by atoms with Crippen LogP contribution < -0.4 is 10.6 Å². The Balaban J connectivity index is 3.08. The molecule has 1 aromatic carbocycles. The van der Waals surface area contributed by atoms with Crippen molar-refractivity contribution < 1.29 is 14.1 Å². The maximum absolute atomic E-state index is 13.5. The molecule has 7 heteroatoms. The third-order valence-electron chi connectivity index (χ3n) is 3.10. The minimum atomic E-state index is -0.766. The van der Waals surface area contributed by atoms with Crippen LogP contribution in [0.15, 0.2) is 12.1 Å². The van der Waals surface area contributed by atoms with Crippen molar-refractivity contribution in [1.29, 1.82) is 0 Å². The molecule has 0 spiro atoms. The van der Waals surface area contributed by atoms with Crippen molar-refractivity contribution in [2.45, 2.75) is 20.3 Å². The summed E-state index contributed by atoms with van der Waals surface area (Å²) in [5.41, 5.74) is -0.642. The van der Waals surface area contributed by atoms with Gasteiger partial charge in [0, 0.05) is 13.6 Å². The molecule has 0 aromatic heterocycles. The van der Waals surface area contributed by atoms with Crippen LogP contribution >= 0.6 is 0 Å². The number of hydrogen-bond donors (Lipinski definition) is 2. The van der Waals surface area contributed by atoms with E-state index in [4.69, 9.17) is 0 Å². The summed E-state index contributed by atoms with van der Waals surface area (Å²) in [6.45, 7) is 4.35. The average Bonchev–Trinajstić information content (AvgIpc) is 2.43. The maximum atomic E-state index is 13.5. The first-order valence-corrected chi connectivity index (χ1v) is 6.34. The SMILES string of the molecule is CCC(C)CNC(=O)c1cc(NC)c(F)cc1[N+](=O)[O-]. The summed E-state index contributed by atoms with van der Waals surface area (Å²) in [5.74, 6) is -1.08. The summed E-state index contributed by atoms with van der Waals surface area (Å²) in [6.07, 6.45) is 0.882. The van der Waals surface area contributed by atoms with Crippen LogP contribution in [0.5, 0.6) is 0 Å². The molecule has 20 heavy (non-hydrogen) atoms. The van der Waals surface area contributed by atoms with Gasteiger partial charge in [-0.25, -0.2) is 4.39 Å². The molecule has 0 radical (unpaired) electrons. The Morgan fingerprint density at radius 3 is 2.65 bits per heavy atom. The highest BCUT2D eigenvalue weighted by molar-refractivity contribution is 5.99. The molecule has 0 bridgehead atoms. The molecule has 1 amide bonds. The second kappa shape index (κ2) is 6.83. The fourth-order valence-corrected chi connectivity index (χ4v) is 1.59. The summed E-state index contributed by atoms with van der Waals surface area (Å²) in [7, 11) is 1.48. The van der Waals surface area contributed by atoms with E-state index in [1.807, 2.05) is 13.8 Å². The van der Waals surface area contributed by atoms with E-state index in [1.165, 1.54) is 7.05 Å². The number of carbonyl (C=O) groups is 1. The second-order valence-corrected chi connectivity index (χ2v) is 4.58. The number of amides is 1. The van der Waals surface area contributed by atoms with Crippen molar-refractivity contribution >= 4 is 17.3 Å². The molecule has 0 aliphatic rings. The van der Waals surface area contributed by atoms with E-state index in [0.29, 0.717) is 6.54 Å². The molecule has 110 valence electrons. The Labute approximate surface area is 116 Å². The topological polar surface area (TPSA) is 84.3 Å². The first-order valence-electron chi connectivity index (χ1n) is 6.34. The fourth-order valence-electron chi connectivity index (χ4n) is 1.59. The highest BCUT2D eigenvalue weighted by Crippen LogP contribution is 2.25. The molecule has 0 fully saturated rings. The third kappa shape index (κ3) is 3.66. The van der Waals surface area contributed by atoms with Crippen LogP contribution in [0.3, 0.4) is 0 Å². The highest BCUT2D eigenvalue weighted by Gasteiger charge is 2.23. The predicted molar refractivity (Wildman–Crippen MR) is 74.4 cm³/mol. The smallest absolute Gasteiger partial charge is 0.285 e. The van der Waals surface area contributed by atoms with Crippen LogP contribution in [0, 0.1) is 21.8 Å². The zero-order chi connectivity index (χ0) is 15.3. The molecule has 1 unspecified atom stereocenters. The van der Waals surface area contributed by atoms with E-state index in [-0.39, 0.29) is 17.2 Å². The largest absolute Gasteiger partial charge is 0.386 e. The quantitative estimate of drug-likeness (QED) is 0.620. The van der Waals surface area contributed by atoms with E-state index < -0.39 is 22.3 Å². The molecule has 0 saturated carbocycles. The lowest BCUT2D eigenvalue weighted by Crippen LogP contribution is -2.28. The number of nitro groups is 1. The summed E-state index contributed by atoms with van der Waals surface area (Å²) < 4.78 is 13.5. The monoisotopic (exact) mass is 283 g/mol. The molecule has 0 saturated heterocycles. The fraction of sp³-hybridized carbons (Fsp3) is 0.462. The Bertz CT molecular complexity index is 520. The number of nitrogens with one attached hydrogen (secondary N) is 2. The Morgan fingerprint density at radius 2 is 2.15 bits per heavy atom. The van der Waals surface area contributed by atoms with Crippen LogP contribution in [0.2, 0.25) is 0 Å². The molecular weight excluding hydrogens is 265 g/mol. The van der Waals surface area contributed by atoms with Gasteiger partial charge in [-0.3, -0.25) is 14.9 Å². The Morgan fingerprint density at radius 1 is 1.50 bits per heavy atom. The average molecular weight is 283 g/mol. The minimum absolute atomic E-state index is 0.0456. The highest BCUT2D eigenvalue weighted by atomic mass is 19.1. The number of anilines is 1. The van der Waals surface area contributed by atoms with Crippen molar-refractivity contribution in [2.24, 2.45) is 5.92 Å². The van der Waals surface area contributed by atoms with Crippen molar-refractivity contribution in [2.75, 3.05) is 18.9 Å². The summed E-state index contributed by atoms with van der Waals surface area (Å²) in [6, 6.07) is 1.91. The normalized spacial score (nSPS) is 11.8. The molecule has 6 nitrogen and oxygen atoms in total. The first-order chi connectivity index (χ1) is 9.40. The summed E-state index contributed by atoms with van der Waals surface area (Å²) >= 11 is 0. The van der Waals surface area contributed by atoms with Crippen molar-refractivity contribution in [3.05, 3.63) is 33.6 Å². The first kappa shape index (κ1) is 15.9. The molecule has 1 atom stereocenters. The third-order valence-corrected chi connectivity index (χ3v) is 3.10. The lowest BCUT2D eigenvalue weighted by Gasteiger charge is -2.11. The number of hydrogen-bond acceptors (Lipinski definition) is 4. The molecule has 0 aliphatic carbocycles. The van der Waals surface area contributed by atoms with Gasteiger partial charge < -0.3 is 10.6 Å². The van der Waals surface area contributed by atoms with E-state index in [0.717, 1.165) is 18.6 Å². The van der Waals surface area contributed by atoms with E-state index in [1.54, 1.807) is 0 Å². The second-order valence-electron chi connectivity index (χ2n) is 4.58. The van der Waals surface area contributed by atoms with Gasteiger partial charge in [-0.1, -0.05) is 20.3 Å². The van der Waals surface area contributed by atoms with Crippen molar-refractivity contribution in [3.63, 3.8) is 0 Å². The Kier molecular flexibility index (Phi) is 5.42. The lowest BCUT2D eigenvalue weighted by atomic mass is 10.1. The van der Waals surface area contributed by atoms with E-state index in [9.17, 15) is 19.3 Å². The van der Waals surface area contributed by atoms with Crippen LogP contribution in [0.4, 0.5) is 15.8 Å². The van der Waals surface area contributed by atoms with Crippen LogP contribution in [-0.2, 0) is 0 Å².